The number of hydrogen-bond acceptors (Lipinski definition) is 3. The maximum atomic E-state index is 11.8. The summed E-state index contributed by atoms with van der Waals surface area (Å²) in [4.78, 5) is 14.0. The van der Waals surface area contributed by atoms with Gasteiger partial charge in [-0.2, -0.15) is 0 Å². The minimum absolute atomic E-state index is 0.00360. The molecule has 84 valence electrons. The molecule has 0 spiro atoms. The van der Waals surface area contributed by atoms with E-state index in [1.807, 2.05) is 33.8 Å². The zero-order valence-electron chi connectivity index (χ0n) is 9.49. The molecule has 0 bridgehead atoms. The lowest BCUT2D eigenvalue weighted by atomic mass is 10.2. The predicted octanol–water partition coefficient (Wildman–Crippen LogP) is 2.70. The molecule has 1 rings (SSSR count). The molecule has 0 amide bonds. The highest BCUT2D eigenvalue weighted by Gasteiger charge is 2.16. The normalized spacial score (nSPS) is 13.1. The smallest absolute Gasteiger partial charge is 0.176 e. The van der Waals surface area contributed by atoms with Gasteiger partial charge in [0.15, 0.2) is 5.78 Å². The summed E-state index contributed by atoms with van der Waals surface area (Å²) >= 11 is 1.61. The Hall–Kier alpha value is -0.480. The van der Waals surface area contributed by atoms with Gasteiger partial charge in [-0.05, 0) is 19.9 Å². The van der Waals surface area contributed by atoms with Crippen molar-refractivity contribution in [1.82, 2.24) is 0 Å². The average Bonchev–Trinajstić information content (AvgIpc) is 2.44. The monoisotopic (exact) mass is 244 g/mol. The van der Waals surface area contributed by atoms with Crippen LogP contribution in [0.25, 0.3) is 0 Å². The highest BCUT2D eigenvalue weighted by molar-refractivity contribution is 7.86. The molecule has 0 aliphatic rings. The molecule has 0 fully saturated rings. The number of carbonyl (C=O) groups excluding carboxylic acids is 1. The third-order valence-corrected chi connectivity index (χ3v) is 4.70. The zero-order chi connectivity index (χ0) is 11.6. The van der Waals surface area contributed by atoms with E-state index >= 15 is 0 Å². The summed E-state index contributed by atoms with van der Waals surface area (Å²) in [6.07, 6.45) is 0. The maximum absolute atomic E-state index is 11.8. The van der Waals surface area contributed by atoms with Crippen LogP contribution < -0.4 is 0 Å². The molecule has 0 radical (unpaired) electrons. The molecule has 2 nitrogen and oxygen atoms in total. The van der Waals surface area contributed by atoms with Crippen LogP contribution in [0.2, 0.25) is 0 Å². The van der Waals surface area contributed by atoms with Crippen LogP contribution in [0.3, 0.4) is 0 Å². The Morgan fingerprint density at radius 1 is 1.47 bits per heavy atom. The Balaban J connectivity index is 2.78. The van der Waals surface area contributed by atoms with Crippen molar-refractivity contribution in [3.05, 3.63) is 21.4 Å². The summed E-state index contributed by atoms with van der Waals surface area (Å²) in [5.74, 6) is 0.151. The van der Waals surface area contributed by atoms with Crippen LogP contribution in [-0.4, -0.2) is 21.0 Å². The molecule has 0 aliphatic heterocycles. The number of Topliss-reactive ketones (excluding diaryl/α,β-unsaturated/α-hetero) is 1. The molecule has 15 heavy (non-hydrogen) atoms. The first-order valence-electron chi connectivity index (χ1n) is 4.89. The van der Waals surface area contributed by atoms with Gasteiger partial charge in [-0.1, -0.05) is 13.8 Å². The third kappa shape index (κ3) is 3.24. The van der Waals surface area contributed by atoms with Crippen LogP contribution in [0.5, 0.6) is 0 Å². The lowest BCUT2D eigenvalue weighted by molar-refractivity contribution is 0.102. The van der Waals surface area contributed by atoms with Crippen LogP contribution in [0.4, 0.5) is 0 Å². The van der Waals surface area contributed by atoms with Crippen molar-refractivity contribution in [3.8, 4) is 0 Å². The van der Waals surface area contributed by atoms with E-state index in [0.717, 1.165) is 15.3 Å². The zero-order valence-corrected chi connectivity index (χ0v) is 11.1. The summed E-state index contributed by atoms with van der Waals surface area (Å²) in [6, 6.07) is 1.89. The third-order valence-electron chi connectivity index (χ3n) is 2.14. The van der Waals surface area contributed by atoms with E-state index in [9.17, 15) is 9.00 Å². The summed E-state index contributed by atoms with van der Waals surface area (Å²) in [6.45, 7) is 7.65. The lowest BCUT2D eigenvalue weighted by Crippen LogP contribution is -2.17. The molecule has 0 saturated carbocycles. The quantitative estimate of drug-likeness (QED) is 0.763. The maximum Gasteiger partial charge on any atom is 0.176 e. The lowest BCUT2D eigenvalue weighted by Gasteiger charge is -2.04. The first-order chi connectivity index (χ1) is 6.91. The van der Waals surface area contributed by atoms with Gasteiger partial charge in [-0.15, -0.1) is 11.3 Å². The van der Waals surface area contributed by atoms with Gasteiger partial charge in [0.25, 0.3) is 0 Å². The number of carbonyl (C=O) groups is 1. The summed E-state index contributed by atoms with van der Waals surface area (Å²) in [5.41, 5.74) is 0.742. The van der Waals surface area contributed by atoms with Crippen molar-refractivity contribution in [3.63, 3.8) is 0 Å². The van der Waals surface area contributed by atoms with Crippen LogP contribution in [0, 0.1) is 13.8 Å². The second kappa shape index (κ2) is 5.03. The second-order valence-corrected chi connectivity index (χ2v) is 7.28. The first-order valence-corrected chi connectivity index (χ1v) is 7.09. The summed E-state index contributed by atoms with van der Waals surface area (Å²) < 4.78 is 11.5. The molecular formula is C11H16O2S2. The van der Waals surface area contributed by atoms with Crippen LogP contribution in [0.1, 0.15) is 34.0 Å². The Morgan fingerprint density at radius 2 is 2.07 bits per heavy atom. The van der Waals surface area contributed by atoms with E-state index in [-0.39, 0.29) is 16.8 Å². The average molecular weight is 244 g/mol. The molecule has 1 unspecified atom stereocenters. The molecule has 0 N–H and O–H groups in total. The van der Waals surface area contributed by atoms with Crippen molar-refractivity contribution in [2.75, 3.05) is 5.75 Å². The molecule has 1 aromatic rings. The Labute approximate surface area is 97.2 Å². The first kappa shape index (κ1) is 12.6. The Morgan fingerprint density at radius 3 is 2.47 bits per heavy atom. The second-order valence-electron chi connectivity index (χ2n) is 3.82. The summed E-state index contributed by atoms with van der Waals surface area (Å²) in [5, 5.41) is 0.0500. The van der Waals surface area contributed by atoms with Crippen molar-refractivity contribution in [2.24, 2.45) is 0 Å². The van der Waals surface area contributed by atoms with Gasteiger partial charge in [0.05, 0.1) is 5.75 Å². The van der Waals surface area contributed by atoms with E-state index in [4.69, 9.17) is 0 Å². The number of ketones is 1. The van der Waals surface area contributed by atoms with Gasteiger partial charge < -0.3 is 0 Å². The van der Waals surface area contributed by atoms with Crippen LogP contribution in [0.15, 0.2) is 6.07 Å². The number of thiophene rings is 1. The van der Waals surface area contributed by atoms with E-state index < -0.39 is 10.8 Å². The van der Waals surface area contributed by atoms with Gasteiger partial charge in [-0.25, -0.2) is 0 Å². The highest BCUT2D eigenvalue weighted by atomic mass is 32.2. The van der Waals surface area contributed by atoms with Crippen molar-refractivity contribution in [1.29, 1.82) is 0 Å². The number of aryl methyl sites for hydroxylation is 2. The fourth-order valence-corrected chi connectivity index (χ4v) is 2.97. The predicted molar refractivity (Wildman–Crippen MR) is 66.3 cm³/mol. The Bertz CT molecular complexity index is 391. The molecule has 0 saturated heterocycles. The molecule has 0 aromatic carbocycles. The van der Waals surface area contributed by atoms with Crippen molar-refractivity contribution >= 4 is 27.9 Å². The standard InChI is InChI=1S/C11H16O2S2/c1-7(2)15(13)6-11(12)10-5-8(3)14-9(10)4/h5,7H,6H2,1-4H3. The van der Waals surface area contributed by atoms with Crippen molar-refractivity contribution in [2.45, 2.75) is 32.9 Å². The minimum Gasteiger partial charge on any atom is -0.293 e. The fraction of sp³-hybridized carbons (Fsp3) is 0.545. The molecule has 0 aliphatic carbocycles. The van der Waals surface area contributed by atoms with Gasteiger partial charge in [0, 0.05) is 31.4 Å². The van der Waals surface area contributed by atoms with E-state index in [1.165, 1.54) is 0 Å². The molecular weight excluding hydrogens is 228 g/mol. The SMILES string of the molecule is Cc1cc(C(=O)CS(=O)C(C)C)c(C)s1. The van der Waals surface area contributed by atoms with Gasteiger partial charge in [0.1, 0.15) is 0 Å². The molecule has 1 aromatic heterocycles. The number of hydrogen-bond donors (Lipinski definition) is 0. The van der Waals surface area contributed by atoms with Crippen LogP contribution >= 0.6 is 11.3 Å². The van der Waals surface area contributed by atoms with Crippen LogP contribution in [-0.2, 0) is 10.8 Å². The molecule has 4 heteroatoms. The minimum atomic E-state index is -1.05. The molecule has 1 atom stereocenters. The number of rotatable bonds is 4. The summed E-state index contributed by atoms with van der Waals surface area (Å²) in [7, 11) is -1.05. The van der Waals surface area contributed by atoms with Gasteiger partial charge in [-0.3, -0.25) is 9.00 Å². The fourth-order valence-electron chi connectivity index (χ4n) is 1.28. The van der Waals surface area contributed by atoms with Crippen molar-refractivity contribution < 1.29 is 9.00 Å². The van der Waals surface area contributed by atoms with Gasteiger partial charge in [0.2, 0.25) is 0 Å². The Kier molecular flexibility index (Phi) is 4.22. The van der Waals surface area contributed by atoms with E-state index in [2.05, 4.69) is 0 Å². The topological polar surface area (TPSA) is 34.1 Å². The van der Waals surface area contributed by atoms with E-state index in [0.29, 0.717) is 0 Å². The van der Waals surface area contributed by atoms with E-state index in [1.54, 1.807) is 11.3 Å². The highest BCUT2D eigenvalue weighted by Crippen LogP contribution is 2.21. The largest absolute Gasteiger partial charge is 0.293 e. The van der Waals surface area contributed by atoms with Gasteiger partial charge >= 0.3 is 0 Å². The molecule has 1 heterocycles.